The Labute approximate surface area is 302 Å². The summed E-state index contributed by atoms with van der Waals surface area (Å²) in [5.41, 5.74) is 21.7. The minimum Gasteiger partial charge on any atom is -0.480 e. The number of hydrogen-bond donors (Lipinski definition) is 7. The van der Waals surface area contributed by atoms with Gasteiger partial charge < -0.3 is 43.2 Å². The number of nitrogens with two attached hydrogens (primary N) is 3. The van der Waals surface area contributed by atoms with E-state index < -0.39 is 60.3 Å². The van der Waals surface area contributed by atoms with Gasteiger partial charge in [-0.2, -0.15) is 0 Å². The van der Waals surface area contributed by atoms with Crippen LogP contribution in [0.25, 0.3) is 0 Å². The van der Waals surface area contributed by atoms with Crippen LogP contribution in [-0.4, -0.2) is 82.8 Å². The zero-order valence-electron chi connectivity index (χ0n) is 28.9. The second-order valence-corrected chi connectivity index (χ2v) is 13.3. The van der Waals surface area contributed by atoms with Gasteiger partial charge in [0.15, 0.2) is 5.96 Å². The van der Waals surface area contributed by atoms with Gasteiger partial charge >= 0.3 is 5.97 Å². The fourth-order valence-electron chi connectivity index (χ4n) is 6.87. The van der Waals surface area contributed by atoms with E-state index in [2.05, 4.69) is 20.9 Å². The highest BCUT2D eigenvalue weighted by Crippen LogP contribution is 2.32. The molecular weight excluding hydrogens is 664 g/mol. The molecule has 4 atom stereocenters. The lowest BCUT2D eigenvalue weighted by Gasteiger charge is -2.39. The summed E-state index contributed by atoms with van der Waals surface area (Å²) in [4.78, 5) is 72.2. The third-order valence-electron chi connectivity index (χ3n) is 9.60. The van der Waals surface area contributed by atoms with Crippen molar-refractivity contribution in [3.63, 3.8) is 0 Å². The summed E-state index contributed by atoms with van der Waals surface area (Å²) < 4.78 is 0. The van der Waals surface area contributed by atoms with Crippen molar-refractivity contribution in [1.82, 2.24) is 20.9 Å². The summed E-state index contributed by atoms with van der Waals surface area (Å²) in [7, 11) is 0. The van der Waals surface area contributed by atoms with Gasteiger partial charge in [-0.1, -0.05) is 78.9 Å². The lowest BCUT2D eigenvalue weighted by Crippen LogP contribution is -2.61. The molecule has 0 saturated carbocycles. The molecule has 5 rings (SSSR count). The Morgan fingerprint density at radius 2 is 1.42 bits per heavy atom. The van der Waals surface area contributed by atoms with E-state index in [0.29, 0.717) is 25.8 Å². The summed E-state index contributed by atoms with van der Waals surface area (Å²) in [6, 6.07) is 20.1. The number of benzene rings is 3. The number of fused-ring (bicyclic) bond motifs is 2. The minimum absolute atomic E-state index is 0.0562. The van der Waals surface area contributed by atoms with Gasteiger partial charge in [0.2, 0.25) is 23.6 Å². The van der Waals surface area contributed by atoms with Crippen molar-refractivity contribution < 1.29 is 29.1 Å². The number of rotatable bonds is 15. The molecule has 1 aliphatic carbocycles. The van der Waals surface area contributed by atoms with Crippen LogP contribution in [0.1, 0.15) is 40.7 Å². The summed E-state index contributed by atoms with van der Waals surface area (Å²) in [6.07, 6.45) is 2.07. The van der Waals surface area contributed by atoms with Gasteiger partial charge in [-0.15, -0.1) is 0 Å². The van der Waals surface area contributed by atoms with Crippen LogP contribution in [0.15, 0.2) is 83.9 Å². The zero-order valence-corrected chi connectivity index (χ0v) is 28.9. The Kier molecular flexibility index (Phi) is 12.6. The highest BCUT2D eigenvalue weighted by Gasteiger charge is 2.42. The molecule has 0 bridgehead atoms. The minimum atomic E-state index is -1.21. The largest absolute Gasteiger partial charge is 0.480 e. The van der Waals surface area contributed by atoms with Crippen LogP contribution in [0.3, 0.4) is 0 Å². The molecule has 14 nitrogen and oxygen atoms in total. The van der Waals surface area contributed by atoms with Crippen LogP contribution in [0.5, 0.6) is 0 Å². The van der Waals surface area contributed by atoms with E-state index in [1.165, 1.54) is 4.90 Å². The maximum Gasteiger partial charge on any atom is 0.326 e. The predicted octanol–water partition coefficient (Wildman–Crippen LogP) is 0.149. The van der Waals surface area contributed by atoms with Crippen LogP contribution in [0.2, 0.25) is 0 Å². The number of carboxylic acids is 1. The number of amides is 4. The monoisotopic (exact) mass is 710 g/mol. The van der Waals surface area contributed by atoms with E-state index >= 15 is 0 Å². The first-order chi connectivity index (χ1) is 25.0. The number of aliphatic imine (C=N–C) groups is 1. The van der Waals surface area contributed by atoms with Crippen LogP contribution < -0.4 is 33.2 Å². The second kappa shape index (κ2) is 17.4. The first kappa shape index (κ1) is 37.5. The maximum absolute atomic E-state index is 14.7. The summed E-state index contributed by atoms with van der Waals surface area (Å²) in [6.45, 7) is -0.0892. The number of nitrogens with one attached hydrogen (secondary N) is 3. The highest BCUT2D eigenvalue weighted by molar-refractivity contribution is 5.95. The number of guanidine groups is 1. The Balaban J connectivity index is 1.33. The molecule has 10 N–H and O–H groups in total. The van der Waals surface area contributed by atoms with E-state index in [1.54, 1.807) is 24.3 Å². The number of nitrogens with zero attached hydrogens (tertiary/aromatic N) is 2. The lowest BCUT2D eigenvalue weighted by molar-refractivity contribution is -0.146. The predicted molar refractivity (Wildman–Crippen MR) is 194 cm³/mol. The molecule has 0 spiro atoms. The van der Waals surface area contributed by atoms with Crippen LogP contribution in [0.4, 0.5) is 0 Å². The smallest absolute Gasteiger partial charge is 0.326 e. The number of hydrogen-bond acceptors (Lipinski definition) is 7. The highest BCUT2D eigenvalue weighted by atomic mass is 16.4. The van der Waals surface area contributed by atoms with E-state index in [1.807, 2.05) is 54.6 Å². The first-order valence-electron chi connectivity index (χ1n) is 17.4. The third-order valence-corrected chi connectivity index (χ3v) is 9.60. The molecule has 4 amide bonds. The molecule has 0 fully saturated rings. The maximum atomic E-state index is 14.7. The van der Waals surface area contributed by atoms with E-state index in [0.717, 1.165) is 27.8 Å². The number of carbonyl (C=O) groups excluding carboxylic acids is 4. The number of carboxylic acid groups (broad SMARTS) is 1. The van der Waals surface area contributed by atoms with Crippen LogP contribution in [0, 0.1) is 5.92 Å². The van der Waals surface area contributed by atoms with Crippen molar-refractivity contribution in [3.05, 3.63) is 107 Å². The van der Waals surface area contributed by atoms with Crippen molar-refractivity contribution >= 4 is 35.6 Å². The van der Waals surface area contributed by atoms with Gasteiger partial charge in [-0.25, -0.2) is 4.79 Å². The van der Waals surface area contributed by atoms with Gasteiger partial charge in [-0.05, 0) is 59.4 Å². The Bertz CT molecular complexity index is 1770. The quantitative estimate of drug-likeness (QED) is 0.0645. The average Bonchev–Trinajstić information content (AvgIpc) is 3.57. The van der Waals surface area contributed by atoms with E-state index in [-0.39, 0.29) is 37.7 Å². The van der Waals surface area contributed by atoms with Crippen molar-refractivity contribution in [3.8, 4) is 0 Å². The van der Waals surface area contributed by atoms with Crippen molar-refractivity contribution in [2.45, 2.75) is 69.2 Å². The van der Waals surface area contributed by atoms with Gasteiger partial charge in [0.1, 0.15) is 18.1 Å². The normalized spacial score (nSPS) is 16.7. The Morgan fingerprint density at radius 1 is 0.827 bits per heavy atom. The second-order valence-electron chi connectivity index (χ2n) is 13.3. The zero-order chi connectivity index (χ0) is 37.2. The van der Waals surface area contributed by atoms with Crippen molar-refractivity contribution in [2.75, 3.05) is 13.1 Å². The molecule has 0 unspecified atom stereocenters. The van der Waals surface area contributed by atoms with Crippen molar-refractivity contribution in [1.29, 1.82) is 0 Å². The molecule has 14 heteroatoms. The summed E-state index contributed by atoms with van der Waals surface area (Å²) >= 11 is 0. The summed E-state index contributed by atoms with van der Waals surface area (Å²) in [5, 5.41) is 17.8. The Hall–Kier alpha value is -5.76. The lowest BCUT2D eigenvalue weighted by atomic mass is 9.89. The molecule has 0 radical (unpaired) electrons. The molecule has 3 aromatic carbocycles. The standard InChI is InChI=1S/C38H46N8O6/c39-29(15-8-16-42-38(40)41)34(48)45-33(28-18-24-11-4-5-12-25(24)19-28)36(50)46-22-27-14-7-6-13-26(27)20-31(46)35(49)43-21-32(47)44-30(37(51)52)17-23-9-2-1-3-10-23/h1-7,9-14,28-31,33H,8,15-22,39H2,(H,43,49)(H,44,47)(H,45,48)(H,51,52)(H4,40,41,42)/t29-,30+,31+,33+/m1/s1. The molecule has 52 heavy (non-hydrogen) atoms. The first-order valence-corrected chi connectivity index (χ1v) is 17.4. The molecule has 1 aliphatic heterocycles. The average molecular weight is 711 g/mol. The van der Waals surface area contributed by atoms with Crippen LogP contribution in [-0.2, 0) is 56.2 Å². The van der Waals surface area contributed by atoms with Gasteiger partial charge in [0.05, 0.1) is 12.6 Å². The fourth-order valence-corrected chi connectivity index (χ4v) is 6.87. The fraction of sp³-hybridized carbons (Fsp3) is 0.368. The van der Waals surface area contributed by atoms with E-state index in [9.17, 15) is 29.1 Å². The van der Waals surface area contributed by atoms with E-state index in [4.69, 9.17) is 17.2 Å². The molecule has 274 valence electrons. The summed E-state index contributed by atoms with van der Waals surface area (Å²) in [5.74, 6) is -3.77. The molecule has 0 aromatic heterocycles. The third kappa shape index (κ3) is 9.72. The molecule has 0 saturated heterocycles. The van der Waals surface area contributed by atoms with Gasteiger partial charge in [0, 0.05) is 25.9 Å². The molecular formula is C38H46N8O6. The topological polar surface area (TPSA) is 235 Å². The van der Waals surface area contributed by atoms with Gasteiger partial charge in [-0.3, -0.25) is 24.2 Å². The molecule has 2 aliphatic rings. The number of carbonyl (C=O) groups is 5. The van der Waals surface area contributed by atoms with Crippen LogP contribution >= 0.6 is 0 Å². The Morgan fingerprint density at radius 3 is 2.04 bits per heavy atom. The SMILES string of the molecule is NC(N)=NCCC[C@@H](N)C(=O)N[C@H](C(=O)N1Cc2ccccc2C[C@H]1C(=O)NCC(=O)N[C@@H](Cc1ccccc1)C(=O)O)C1Cc2ccccc2C1. The van der Waals surface area contributed by atoms with Gasteiger partial charge in [0.25, 0.3) is 0 Å². The molecule has 3 aromatic rings. The molecule has 1 heterocycles. The number of aliphatic carboxylic acids is 1. The van der Waals surface area contributed by atoms with Crippen molar-refractivity contribution in [2.24, 2.45) is 28.1 Å².